The van der Waals surface area contributed by atoms with Gasteiger partial charge >= 0.3 is 0 Å². The van der Waals surface area contributed by atoms with Gasteiger partial charge in [0.1, 0.15) is 6.54 Å². The maximum absolute atomic E-state index is 13.0. The molecule has 1 unspecified atom stereocenters. The van der Waals surface area contributed by atoms with E-state index in [9.17, 15) is 9.59 Å². The summed E-state index contributed by atoms with van der Waals surface area (Å²) in [6.45, 7) is 7.66. The molecule has 7 heteroatoms. The Morgan fingerprint density at radius 1 is 1.00 bits per heavy atom. The molecule has 2 amide bonds. The fourth-order valence-electron chi connectivity index (χ4n) is 4.48. The van der Waals surface area contributed by atoms with Gasteiger partial charge in [-0.3, -0.25) is 9.59 Å². The van der Waals surface area contributed by atoms with Crippen molar-refractivity contribution in [1.82, 2.24) is 24.8 Å². The number of likely N-dealkylation sites (N-methyl/N-ethyl adjacent to an activating group) is 1. The van der Waals surface area contributed by atoms with Gasteiger partial charge in [0, 0.05) is 32.9 Å². The molecule has 0 spiro atoms. The molecule has 1 atom stereocenters. The van der Waals surface area contributed by atoms with Crippen molar-refractivity contribution in [3.63, 3.8) is 0 Å². The highest BCUT2D eigenvalue weighted by Gasteiger charge is 2.30. The maximum atomic E-state index is 13.0. The molecule has 3 aromatic rings. The summed E-state index contributed by atoms with van der Waals surface area (Å²) in [6.07, 6.45) is 2.35. The molecule has 0 aliphatic carbocycles. The third kappa shape index (κ3) is 5.48. The van der Waals surface area contributed by atoms with E-state index >= 15 is 0 Å². The number of benzene rings is 2. The molecule has 0 radical (unpaired) electrons. The van der Waals surface area contributed by atoms with Crippen LogP contribution in [0.15, 0.2) is 48.7 Å². The minimum atomic E-state index is -0.272. The monoisotopic (exact) mass is 445 g/mol. The lowest BCUT2D eigenvalue weighted by Gasteiger charge is -2.23. The normalized spacial score (nSPS) is 16.7. The number of carbonyl (C=O) groups is 2. The summed E-state index contributed by atoms with van der Waals surface area (Å²) in [6, 6.07) is 15.0. The van der Waals surface area contributed by atoms with E-state index in [0.29, 0.717) is 26.1 Å². The number of rotatable bonds is 5. The lowest BCUT2D eigenvalue weighted by Crippen LogP contribution is -2.39. The number of aryl methyl sites for hydroxylation is 3. The van der Waals surface area contributed by atoms with Gasteiger partial charge in [0.05, 0.1) is 11.6 Å². The van der Waals surface area contributed by atoms with E-state index in [0.717, 1.165) is 16.8 Å². The SMILES string of the molecule is Cc1cc(C)cc(-c2ccc(CC3CN(C(=O)Cn4cc(C)nn4)CCN(C)C3=O)cc2)c1. The fourth-order valence-corrected chi connectivity index (χ4v) is 4.48. The van der Waals surface area contributed by atoms with Crippen molar-refractivity contribution in [1.29, 1.82) is 0 Å². The summed E-state index contributed by atoms with van der Waals surface area (Å²) in [7, 11) is 1.81. The van der Waals surface area contributed by atoms with Crippen LogP contribution in [0.25, 0.3) is 11.1 Å². The van der Waals surface area contributed by atoms with Gasteiger partial charge in [-0.1, -0.05) is 58.8 Å². The predicted molar refractivity (Wildman–Crippen MR) is 128 cm³/mol. The first-order chi connectivity index (χ1) is 15.8. The van der Waals surface area contributed by atoms with Crippen LogP contribution in [0.4, 0.5) is 0 Å². The van der Waals surface area contributed by atoms with E-state index in [1.165, 1.54) is 16.7 Å². The minimum Gasteiger partial charge on any atom is -0.344 e. The third-order valence-electron chi connectivity index (χ3n) is 6.17. The van der Waals surface area contributed by atoms with Gasteiger partial charge in [-0.05, 0) is 43.9 Å². The number of hydrogen-bond acceptors (Lipinski definition) is 4. The molecule has 0 bridgehead atoms. The quantitative estimate of drug-likeness (QED) is 0.605. The first kappa shape index (κ1) is 22.7. The first-order valence-electron chi connectivity index (χ1n) is 11.4. The molecule has 2 heterocycles. The van der Waals surface area contributed by atoms with E-state index in [1.807, 2.05) is 14.0 Å². The first-order valence-corrected chi connectivity index (χ1v) is 11.4. The lowest BCUT2D eigenvalue weighted by atomic mass is 9.95. The predicted octanol–water partition coefficient (Wildman–Crippen LogP) is 3.03. The Bertz CT molecular complexity index is 1130. The van der Waals surface area contributed by atoms with Gasteiger partial charge in [-0.15, -0.1) is 5.10 Å². The Kier molecular flexibility index (Phi) is 6.58. The highest BCUT2D eigenvalue weighted by Crippen LogP contribution is 2.24. The van der Waals surface area contributed by atoms with Crippen LogP contribution in [0.1, 0.15) is 22.4 Å². The second kappa shape index (κ2) is 9.57. The Labute approximate surface area is 195 Å². The van der Waals surface area contributed by atoms with Gasteiger partial charge in [0.15, 0.2) is 0 Å². The molecule has 0 N–H and O–H groups in total. The Hall–Kier alpha value is -3.48. The zero-order valence-electron chi connectivity index (χ0n) is 19.8. The summed E-state index contributed by atoms with van der Waals surface area (Å²) in [5.41, 5.74) is 6.71. The van der Waals surface area contributed by atoms with Crippen LogP contribution in [0.3, 0.4) is 0 Å². The van der Waals surface area contributed by atoms with Crippen molar-refractivity contribution < 1.29 is 9.59 Å². The summed E-state index contributed by atoms with van der Waals surface area (Å²) in [5, 5.41) is 7.92. The molecular formula is C26H31N5O2. The highest BCUT2D eigenvalue weighted by atomic mass is 16.2. The molecule has 172 valence electrons. The molecule has 4 rings (SSSR count). The molecule has 0 saturated carbocycles. The maximum Gasteiger partial charge on any atom is 0.244 e. The van der Waals surface area contributed by atoms with Crippen LogP contribution in [0, 0.1) is 26.7 Å². The molecule has 1 aliphatic heterocycles. The number of carbonyl (C=O) groups excluding carboxylic acids is 2. The Balaban J connectivity index is 1.47. The molecule has 1 saturated heterocycles. The molecule has 1 aromatic heterocycles. The smallest absolute Gasteiger partial charge is 0.244 e. The van der Waals surface area contributed by atoms with Gasteiger partial charge in [-0.25, -0.2) is 4.68 Å². The van der Waals surface area contributed by atoms with E-state index in [1.54, 1.807) is 20.7 Å². The average Bonchev–Trinajstić information content (AvgIpc) is 3.12. The van der Waals surface area contributed by atoms with Crippen molar-refractivity contribution in [2.75, 3.05) is 26.7 Å². The average molecular weight is 446 g/mol. The van der Waals surface area contributed by atoms with Crippen molar-refractivity contribution in [2.24, 2.45) is 5.92 Å². The van der Waals surface area contributed by atoms with Crippen LogP contribution in [0.5, 0.6) is 0 Å². The topological polar surface area (TPSA) is 71.3 Å². The zero-order chi connectivity index (χ0) is 23.5. The van der Waals surface area contributed by atoms with Gasteiger partial charge in [0.2, 0.25) is 11.8 Å². The molecule has 1 fully saturated rings. The Morgan fingerprint density at radius 3 is 2.33 bits per heavy atom. The minimum absolute atomic E-state index is 0.0434. The van der Waals surface area contributed by atoms with Gasteiger partial charge in [0.25, 0.3) is 0 Å². The lowest BCUT2D eigenvalue weighted by molar-refractivity contribution is -0.134. The highest BCUT2D eigenvalue weighted by molar-refractivity contribution is 5.82. The summed E-state index contributed by atoms with van der Waals surface area (Å²) in [4.78, 5) is 29.4. The second-order valence-corrected chi connectivity index (χ2v) is 9.13. The van der Waals surface area contributed by atoms with Crippen molar-refractivity contribution in [2.45, 2.75) is 33.7 Å². The van der Waals surface area contributed by atoms with E-state index in [-0.39, 0.29) is 24.3 Å². The fraction of sp³-hybridized carbons (Fsp3) is 0.385. The van der Waals surface area contributed by atoms with Crippen molar-refractivity contribution in [3.05, 3.63) is 71.0 Å². The van der Waals surface area contributed by atoms with Crippen LogP contribution >= 0.6 is 0 Å². The number of amides is 2. The van der Waals surface area contributed by atoms with E-state index in [4.69, 9.17) is 0 Å². The van der Waals surface area contributed by atoms with Crippen LogP contribution in [0.2, 0.25) is 0 Å². The van der Waals surface area contributed by atoms with E-state index < -0.39 is 0 Å². The van der Waals surface area contributed by atoms with Crippen LogP contribution in [-0.4, -0.2) is 63.3 Å². The van der Waals surface area contributed by atoms with Gasteiger partial charge in [-0.2, -0.15) is 0 Å². The zero-order valence-corrected chi connectivity index (χ0v) is 19.8. The molecular weight excluding hydrogens is 414 g/mol. The third-order valence-corrected chi connectivity index (χ3v) is 6.17. The van der Waals surface area contributed by atoms with Crippen LogP contribution < -0.4 is 0 Å². The number of aromatic nitrogens is 3. The molecule has 1 aliphatic rings. The molecule has 7 nitrogen and oxygen atoms in total. The molecule has 2 aromatic carbocycles. The van der Waals surface area contributed by atoms with E-state index in [2.05, 4.69) is 66.6 Å². The standard InChI is InChI=1S/C26H31N5O2/c1-18-11-19(2)13-23(12-18)22-7-5-21(6-8-22)14-24-16-30(10-9-29(4)26(24)33)25(32)17-31-15-20(3)27-28-31/h5-8,11-13,15,24H,9-10,14,16-17H2,1-4H3. The van der Waals surface area contributed by atoms with Crippen molar-refractivity contribution in [3.8, 4) is 11.1 Å². The summed E-state index contributed by atoms with van der Waals surface area (Å²) >= 11 is 0. The van der Waals surface area contributed by atoms with Crippen molar-refractivity contribution >= 4 is 11.8 Å². The summed E-state index contributed by atoms with van der Waals surface area (Å²) < 4.78 is 1.55. The largest absolute Gasteiger partial charge is 0.344 e. The summed E-state index contributed by atoms with van der Waals surface area (Å²) in [5.74, 6) is -0.232. The number of nitrogens with zero attached hydrogens (tertiary/aromatic N) is 5. The number of hydrogen-bond donors (Lipinski definition) is 0. The van der Waals surface area contributed by atoms with Gasteiger partial charge < -0.3 is 9.80 Å². The second-order valence-electron chi connectivity index (χ2n) is 9.13. The Morgan fingerprint density at radius 2 is 1.70 bits per heavy atom. The van der Waals surface area contributed by atoms with Crippen LogP contribution in [-0.2, 0) is 22.6 Å². The molecule has 33 heavy (non-hydrogen) atoms.